The molecule has 4 N–H and O–H groups in total. The average Bonchev–Trinajstić information content (AvgIpc) is 2.70. The molecule has 0 spiro atoms. The van der Waals surface area contributed by atoms with Crippen molar-refractivity contribution in [1.29, 1.82) is 0 Å². The Hall–Kier alpha value is -1.17. The number of nitrogens with two attached hydrogens (primary N) is 1. The molecule has 78 valence electrons. The molecule has 0 unspecified atom stereocenters. The zero-order valence-electron chi connectivity index (χ0n) is 7.18. The highest BCUT2D eigenvalue weighted by atomic mass is 19.1. The fourth-order valence-electron chi connectivity index (χ4n) is 2.57. The van der Waals surface area contributed by atoms with Crippen molar-refractivity contribution in [2.24, 2.45) is 23.5 Å². The Balaban J connectivity index is 2.26. The molecule has 0 aromatic heterocycles. The molecular formula is C8H10FNO4. The summed E-state index contributed by atoms with van der Waals surface area (Å²) in [6.45, 7) is 0. The third kappa shape index (κ3) is 0.863. The van der Waals surface area contributed by atoms with Crippen LogP contribution in [-0.4, -0.2) is 33.9 Å². The maximum atomic E-state index is 13.2. The van der Waals surface area contributed by atoms with Gasteiger partial charge in [0.25, 0.3) is 0 Å². The van der Waals surface area contributed by atoms with Crippen LogP contribution in [0.4, 0.5) is 4.39 Å². The molecule has 14 heavy (non-hydrogen) atoms. The number of alkyl halides is 1. The first-order valence-corrected chi connectivity index (χ1v) is 4.29. The van der Waals surface area contributed by atoms with E-state index >= 15 is 0 Å². The molecule has 2 fully saturated rings. The number of aliphatic carboxylic acids is 2. The van der Waals surface area contributed by atoms with E-state index in [1.807, 2.05) is 0 Å². The van der Waals surface area contributed by atoms with Crippen LogP contribution in [0.25, 0.3) is 0 Å². The summed E-state index contributed by atoms with van der Waals surface area (Å²) in [5.41, 5.74) is 3.43. The van der Waals surface area contributed by atoms with Crippen LogP contribution >= 0.6 is 0 Å². The molecular weight excluding hydrogens is 193 g/mol. The standard InChI is InChI=1S/C8H10FNO4/c9-3-1-2-4(6(11)12)5(2)8(3,10)7(13)14/h2-5H,1,10H2,(H,11,12)(H,13,14)/t2-,3+,4-,5-,8+/m1/s1. The average molecular weight is 203 g/mol. The van der Waals surface area contributed by atoms with E-state index in [2.05, 4.69) is 0 Å². The highest BCUT2D eigenvalue weighted by Gasteiger charge is 2.74. The summed E-state index contributed by atoms with van der Waals surface area (Å²) in [5, 5.41) is 17.5. The molecule has 2 saturated carbocycles. The molecule has 2 aliphatic rings. The fourth-order valence-corrected chi connectivity index (χ4v) is 2.57. The molecule has 0 bridgehead atoms. The first kappa shape index (κ1) is 9.39. The molecule has 0 aliphatic heterocycles. The van der Waals surface area contributed by atoms with Gasteiger partial charge in [0.2, 0.25) is 0 Å². The van der Waals surface area contributed by atoms with Gasteiger partial charge in [-0.2, -0.15) is 0 Å². The smallest absolute Gasteiger partial charge is 0.327 e. The summed E-state index contributed by atoms with van der Waals surface area (Å²) in [5.74, 6) is -4.44. The van der Waals surface area contributed by atoms with Crippen LogP contribution in [0, 0.1) is 17.8 Å². The van der Waals surface area contributed by atoms with E-state index in [-0.39, 0.29) is 6.42 Å². The third-order valence-electron chi connectivity index (χ3n) is 3.37. The molecule has 0 amide bonds. The van der Waals surface area contributed by atoms with Crippen molar-refractivity contribution in [3.8, 4) is 0 Å². The summed E-state index contributed by atoms with van der Waals surface area (Å²) >= 11 is 0. The van der Waals surface area contributed by atoms with Crippen LogP contribution in [0.15, 0.2) is 0 Å². The molecule has 0 saturated heterocycles. The highest BCUT2D eigenvalue weighted by Crippen LogP contribution is 2.62. The number of carboxylic acids is 2. The monoisotopic (exact) mass is 203 g/mol. The Kier molecular flexibility index (Phi) is 1.64. The van der Waals surface area contributed by atoms with Crippen LogP contribution in [0.2, 0.25) is 0 Å². The van der Waals surface area contributed by atoms with Gasteiger partial charge in [0.15, 0.2) is 0 Å². The van der Waals surface area contributed by atoms with Crippen molar-refractivity contribution >= 4 is 11.9 Å². The summed E-state index contributed by atoms with van der Waals surface area (Å²) in [6, 6.07) is 0. The lowest BCUT2D eigenvalue weighted by Crippen LogP contribution is -2.56. The second-order valence-electron chi connectivity index (χ2n) is 4.00. The second-order valence-corrected chi connectivity index (χ2v) is 4.00. The molecule has 0 heterocycles. The number of carboxylic acid groups (broad SMARTS) is 2. The quantitative estimate of drug-likeness (QED) is 0.559. The van der Waals surface area contributed by atoms with Crippen molar-refractivity contribution in [2.45, 2.75) is 18.1 Å². The van der Waals surface area contributed by atoms with Crippen LogP contribution < -0.4 is 5.73 Å². The molecule has 0 aromatic rings. The summed E-state index contributed by atoms with van der Waals surface area (Å²) in [7, 11) is 0. The van der Waals surface area contributed by atoms with Gasteiger partial charge in [-0.1, -0.05) is 0 Å². The molecule has 6 heteroatoms. The van der Waals surface area contributed by atoms with Crippen LogP contribution in [0.1, 0.15) is 6.42 Å². The van der Waals surface area contributed by atoms with Crippen molar-refractivity contribution in [1.82, 2.24) is 0 Å². The van der Waals surface area contributed by atoms with Gasteiger partial charge < -0.3 is 15.9 Å². The van der Waals surface area contributed by atoms with Gasteiger partial charge in [0, 0.05) is 5.92 Å². The van der Waals surface area contributed by atoms with E-state index < -0.39 is 41.4 Å². The van der Waals surface area contributed by atoms with E-state index in [9.17, 15) is 14.0 Å². The predicted octanol–water partition coefficient (Wildman–Crippen LogP) is -0.543. The normalized spacial score (nSPS) is 49.9. The first-order valence-electron chi connectivity index (χ1n) is 4.29. The zero-order chi connectivity index (χ0) is 10.7. The number of fused-ring (bicyclic) bond motifs is 1. The lowest BCUT2D eigenvalue weighted by molar-refractivity contribution is -0.147. The third-order valence-corrected chi connectivity index (χ3v) is 3.37. The van der Waals surface area contributed by atoms with Crippen LogP contribution in [0.3, 0.4) is 0 Å². The van der Waals surface area contributed by atoms with Gasteiger partial charge in [0.1, 0.15) is 11.7 Å². The van der Waals surface area contributed by atoms with Gasteiger partial charge >= 0.3 is 11.9 Å². The summed E-state index contributed by atoms with van der Waals surface area (Å²) < 4.78 is 13.2. The zero-order valence-corrected chi connectivity index (χ0v) is 7.18. The number of hydrogen-bond donors (Lipinski definition) is 3. The molecule has 0 radical (unpaired) electrons. The maximum absolute atomic E-state index is 13.2. The highest BCUT2D eigenvalue weighted by molar-refractivity contribution is 5.86. The Labute approximate surface area is 78.7 Å². The maximum Gasteiger partial charge on any atom is 0.327 e. The van der Waals surface area contributed by atoms with Crippen molar-refractivity contribution in [2.75, 3.05) is 0 Å². The van der Waals surface area contributed by atoms with Crippen LogP contribution in [-0.2, 0) is 9.59 Å². The van der Waals surface area contributed by atoms with Crippen LogP contribution in [0.5, 0.6) is 0 Å². The van der Waals surface area contributed by atoms with Gasteiger partial charge in [-0.05, 0) is 12.3 Å². The van der Waals surface area contributed by atoms with E-state index in [4.69, 9.17) is 15.9 Å². The fraction of sp³-hybridized carbons (Fsp3) is 0.750. The van der Waals surface area contributed by atoms with Gasteiger partial charge in [-0.15, -0.1) is 0 Å². The molecule has 0 aromatic carbocycles. The van der Waals surface area contributed by atoms with Crippen molar-refractivity contribution < 1.29 is 24.2 Å². The number of hydrogen-bond acceptors (Lipinski definition) is 3. The first-order chi connectivity index (χ1) is 6.40. The van der Waals surface area contributed by atoms with Gasteiger partial charge in [-0.3, -0.25) is 9.59 Å². The molecule has 5 atom stereocenters. The Bertz CT molecular complexity index is 320. The lowest BCUT2D eigenvalue weighted by Gasteiger charge is -2.24. The van der Waals surface area contributed by atoms with Gasteiger partial charge in [-0.25, -0.2) is 4.39 Å². The van der Waals surface area contributed by atoms with E-state index in [0.717, 1.165) is 0 Å². The number of carbonyl (C=O) groups is 2. The summed E-state index contributed by atoms with van der Waals surface area (Å²) in [4.78, 5) is 21.4. The minimum Gasteiger partial charge on any atom is -0.481 e. The van der Waals surface area contributed by atoms with Gasteiger partial charge in [0.05, 0.1) is 5.92 Å². The lowest BCUT2D eigenvalue weighted by atomic mass is 9.90. The molecule has 2 rings (SSSR count). The minimum absolute atomic E-state index is 0.0512. The Morgan fingerprint density at radius 3 is 2.43 bits per heavy atom. The Morgan fingerprint density at radius 2 is 2.00 bits per heavy atom. The van der Waals surface area contributed by atoms with Crippen molar-refractivity contribution in [3.05, 3.63) is 0 Å². The van der Waals surface area contributed by atoms with E-state index in [1.165, 1.54) is 0 Å². The van der Waals surface area contributed by atoms with E-state index in [0.29, 0.717) is 0 Å². The largest absolute Gasteiger partial charge is 0.481 e. The topological polar surface area (TPSA) is 101 Å². The molecule has 5 nitrogen and oxygen atoms in total. The summed E-state index contributed by atoms with van der Waals surface area (Å²) in [6.07, 6.45) is -1.68. The second kappa shape index (κ2) is 2.44. The van der Waals surface area contributed by atoms with Crippen molar-refractivity contribution in [3.63, 3.8) is 0 Å². The number of halogens is 1. The Morgan fingerprint density at radius 1 is 1.43 bits per heavy atom. The minimum atomic E-state index is -1.99. The predicted molar refractivity (Wildman–Crippen MR) is 42.2 cm³/mol. The SMILES string of the molecule is N[C@]1(C(=O)O)[C@@H]2[C@H](C[C@@H]1F)[C@H]2C(=O)O. The van der Waals surface area contributed by atoms with E-state index in [1.54, 1.807) is 0 Å². The number of rotatable bonds is 2. The molecule has 2 aliphatic carbocycles.